The quantitative estimate of drug-likeness (QED) is 0.427. The van der Waals surface area contributed by atoms with Crippen LogP contribution >= 0.6 is 11.6 Å². The maximum absolute atomic E-state index is 13.8. The predicted octanol–water partition coefficient (Wildman–Crippen LogP) is 7.40. The number of hydrogen-bond acceptors (Lipinski definition) is 3. The minimum atomic E-state index is -4.81. The number of benzene rings is 2. The summed E-state index contributed by atoms with van der Waals surface area (Å²) in [4.78, 5) is 12.6. The number of para-hydroxylation sites is 1. The topological polar surface area (TPSA) is 56.1 Å². The summed E-state index contributed by atoms with van der Waals surface area (Å²) in [5, 5.41) is 6.80. The number of rotatable bonds is 5. The van der Waals surface area contributed by atoms with Crippen molar-refractivity contribution in [3.63, 3.8) is 0 Å². The van der Waals surface area contributed by atoms with E-state index in [9.17, 15) is 18.0 Å². The van der Waals surface area contributed by atoms with Gasteiger partial charge in [-0.1, -0.05) is 57.5 Å². The first-order valence-corrected chi connectivity index (χ1v) is 10.4. The molecule has 0 radical (unpaired) electrons. The van der Waals surface area contributed by atoms with Gasteiger partial charge in [-0.15, -0.1) is 0 Å². The number of anilines is 1. The fourth-order valence-electron chi connectivity index (χ4n) is 3.37. The van der Waals surface area contributed by atoms with Crippen molar-refractivity contribution in [3.05, 3.63) is 70.5 Å². The van der Waals surface area contributed by atoms with Crippen molar-refractivity contribution in [2.24, 2.45) is 0 Å². The maximum atomic E-state index is 13.8. The van der Waals surface area contributed by atoms with E-state index in [-0.39, 0.29) is 17.5 Å². The molecule has 32 heavy (non-hydrogen) atoms. The fourth-order valence-corrected chi connectivity index (χ4v) is 3.49. The molecule has 1 amide bonds. The molecule has 1 aromatic heterocycles. The second-order valence-corrected chi connectivity index (χ2v) is 8.32. The highest BCUT2D eigenvalue weighted by Crippen LogP contribution is 2.38. The zero-order chi connectivity index (χ0) is 23.6. The van der Waals surface area contributed by atoms with Crippen LogP contribution in [-0.4, -0.2) is 15.9 Å². The van der Waals surface area contributed by atoms with Crippen molar-refractivity contribution >= 4 is 23.4 Å². The summed E-state index contributed by atoms with van der Waals surface area (Å²) in [6.07, 6.45) is -4.97. The van der Waals surface area contributed by atoms with E-state index in [2.05, 4.69) is 10.4 Å². The SMILES string of the molecule is CC(C)c1cccc(C(C)C)c1NC(=O)Oc1cnn(-c2ccc(Cl)cc2)c1C(F)(F)F. The molecule has 1 heterocycles. The molecule has 0 atom stereocenters. The van der Waals surface area contributed by atoms with Crippen molar-refractivity contribution in [1.82, 2.24) is 9.78 Å². The van der Waals surface area contributed by atoms with E-state index >= 15 is 0 Å². The van der Waals surface area contributed by atoms with Crippen molar-refractivity contribution in [1.29, 1.82) is 0 Å². The lowest BCUT2D eigenvalue weighted by Crippen LogP contribution is -2.22. The molecule has 5 nitrogen and oxygen atoms in total. The molecular weight excluding hydrogens is 443 g/mol. The summed E-state index contributed by atoms with van der Waals surface area (Å²) < 4.78 is 47.2. The minimum Gasteiger partial charge on any atom is -0.406 e. The molecule has 0 aliphatic heterocycles. The molecule has 0 aliphatic rings. The van der Waals surface area contributed by atoms with Gasteiger partial charge in [-0.25, -0.2) is 9.48 Å². The van der Waals surface area contributed by atoms with Gasteiger partial charge in [0.25, 0.3) is 0 Å². The Labute approximate surface area is 189 Å². The zero-order valence-corrected chi connectivity index (χ0v) is 18.8. The molecule has 0 saturated carbocycles. The molecule has 2 aromatic carbocycles. The Morgan fingerprint density at radius 3 is 2.09 bits per heavy atom. The first-order valence-electron chi connectivity index (χ1n) is 10.0. The Hall–Kier alpha value is -3.00. The Bertz CT molecular complexity index is 1080. The summed E-state index contributed by atoms with van der Waals surface area (Å²) in [5.74, 6) is -0.525. The number of hydrogen-bond donors (Lipinski definition) is 1. The van der Waals surface area contributed by atoms with Gasteiger partial charge in [0.1, 0.15) is 0 Å². The summed E-state index contributed by atoms with van der Waals surface area (Å²) in [7, 11) is 0. The van der Waals surface area contributed by atoms with Crippen LogP contribution in [-0.2, 0) is 6.18 Å². The number of nitrogens with zero attached hydrogens (tertiary/aromatic N) is 2. The largest absolute Gasteiger partial charge is 0.437 e. The lowest BCUT2D eigenvalue weighted by molar-refractivity contribution is -0.143. The third-order valence-electron chi connectivity index (χ3n) is 4.88. The Kier molecular flexibility index (Phi) is 6.83. The van der Waals surface area contributed by atoms with E-state index in [0.717, 1.165) is 17.3 Å². The predicted molar refractivity (Wildman–Crippen MR) is 118 cm³/mol. The molecule has 0 spiro atoms. The number of aromatic nitrogens is 2. The second-order valence-electron chi connectivity index (χ2n) is 7.88. The van der Waals surface area contributed by atoms with Gasteiger partial charge in [0, 0.05) is 5.02 Å². The summed E-state index contributed by atoms with van der Waals surface area (Å²) in [6.45, 7) is 7.86. The molecule has 0 saturated heterocycles. The maximum Gasteiger partial charge on any atom is 0.437 e. The Morgan fingerprint density at radius 2 is 1.59 bits per heavy atom. The highest BCUT2D eigenvalue weighted by Gasteiger charge is 2.40. The van der Waals surface area contributed by atoms with E-state index in [0.29, 0.717) is 15.4 Å². The zero-order valence-electron chi connectivity index (χ0n) is 18.0. The molecule has 9 heteroatoms. The lowest BCUT2D eigenvalue weighted by Gasteiger charge is -2.20. The number of alkyl halides is 3. The van der Waals surface area contributed by atoms with Crippen LogP contribution in [0.25, 0.3) is 5.69 Å². The smallest absolute Gasteiger partial charge is 0.406 e. The average Bonchev–Trinajstić information content (AvgIpc) is 3.12. The van der Waals surface area contributed by atoms with Gasteiger partial charge in [-0.2, -0.15) is 18.3 Å². The summed E-state index contributed by atoms with van der Waals surface area (Å²) in [6, 6.07) is 11.3. The van der Waals surface area contributed by atoms with Crippen molar-refractivity contribution < 1.29 is 22.7 Å². The van der Waals surface area contributed by atoms with Crippen LogP contribution in [0, 0.1) is 0 Å². The molecule has 0 bridgehead atoms. The lowest BCUT2D eigenvalue weighted by atomic mass is 9.93. The highest BCUT2D eigenvalue weighted by molar-refractivity contribution is 6.30. The van der Waals surface area contributed by atoms with E-state index < -0.39 is 23.7 Å². The minimum absolute atomic E-state index is 0.0855. The monoisotopic (exact) mass is 465 g/mol. The molecular formula is C23H23ClF3N3O2. The van der Waals surface area contributed by atoms with E-state index in [4.69, 9.17) is 16.3 Å². The number of carbonyl (C=O) groups excluding carboxylic acids is 1. The van der Waals surface area contributed by atoms with E-state index in [1.54, 1.807) is 0 Å². The number of nitrogens with one attached hydrogen (secondary N) is 1. The molecule has 3 aromatic rings. The number of halogens is 4. The van der Waals surface area contributed by atoms with Crippen LogP contribution in [0.2, 0.25) is 5.02 Å². The van der Waals surface area contributed by atoms with Crippen LogP contribution in [0.5, 0.6) is 5.75 Å². The van der Waals surface area contributed by atoms with Crippen LogP contribution < -0.4 is 10.1 Å². The van der Waals surface area contributed by atoms with Gasteiger partial charge in [0.2, 0.25) is 0 Å². The van der Waals surface area contributed by atoms with E-state index in [1.807, 2.05) is 45.9 Å². The molecule has 0 fully saturated rings. The summed E-state index contributed by atoms with van der Waals surface area (Å²) in [5.41, 5.74) is 1.20. The number of carbonyl (C=O) groups is 1. The molecule has 1 N–H and O–H groups in total. The average molecular weight is 466 g/mol. The fraction of sp³-hybridized carbons (Fsp3) is 0.304. The third kappa shape index (κ3) is 5.07. The van der Waals surface area contributed by atoms with Gasteiger partial charge in [-0.05, 0) is 47.2 Å². The summed E-state index contributed by atoms with van der Waals surface area (Å²) >= 11 is 5.82. The first-order chi connectivity index (χ1) is 15.0. The van der Waals surface area contributed by atoms with E-state index in [1.165, 1.54) is 24.3 Å². The van der Waals surface area contributed by atoms with Crippen molar-refractivity contribution in [2.45, 2.75) is 45.7 Å². The van der Waals surface area contributed by atoms with Crippen LogP contribution in [0.4, 0.5) is 23.7 Å². The van der Waals surface area contributed by atoms with Gasteiger partial charge in [0.15, 0.2) is 11.4 Å². The second kappa shape index (κ2) is 9.24. The highest BCUT2D eigenvalue weighted by atomic mass is 35.5. The van der Waals surface area contributed by atoms with Crippen LogP contribution in [0.1, 0.15) is 56.4 Å². The van der Waals surface area contributed by atoms with Crippen LogP contribution in [0.3, 0.4) is 0 Å². The normalized spacial score (nSPS) is 11.8. The molecule has 170 valence electrons. The Morgan fingerprint density at radius 1 is 1.03 bits per heavy atom. The molecule has 0 aliphatic carbocycles. The third-order valence-corrected chi connectivity index (χ3v) is 5.13. The van der Waals surface area contributed by atoms with Gasteiger partial charge in [0.05, 0.1) is 17.6 Å². The van der Waals surface area contributed by atoms with Gasteiger partial charge in [-0.3, -0.25) is 5.32 Å². The standard InChI is InChI=1S/C23H23ClF3N3O2/c1-13(2)17-6-5-7-18(14(3)4)20(17)29-22(31)32-19-12-28-30(21(19)23(25,26)27)16-10-8-15(24)9-11-16/h5-14H,1-4H3,(H,29,31). The van der Waals surface area contributed by atoms with Crippen LogP contribution in [0.15, 0.2) is 48.7 Å². The van der Waals surface area contributed by atoms with Gasteiger partial charge < -0.3 is 4.74 Å². The number of amides is 1. The van der Waals surface area contributed by atoms with Crippen molar-refractivity contribution in [3.8, 4) is 11.4 Å². The van der Waals surface area contributed by atoms with Gasteiger partial charge >= 0.3 is 12.3 Å². The van der Waals surface area contributed by atoms with Crippen molar-refractivity contribution in [2.75, 3.05) is 5.32 Å². The first kappa shape index (κ1) is 23.7. The molecule has 0 unspecified atom stereocenters. The number of ether oxygens (including phenoxy) is 1. The molecule has 3 rings (SSSR count). The Balaban J connectivity index is 1.95.